The summed E-state index contributed by atoms with van der Waals surface area (Å²) >= 11 is 0. The van der Waals surface area contributed by atoms with E-state index in [0.29, 0.717) is 0 Å². The Labute approximate surface area is 104 Å². The molecule has 0 radical (unpaired) electrons. The summed E-state index contributed by atoms with van der Waals surface area (Å²) in [6.07, 6.45) is 9.08. The second-order valence-electron chi connectivity index (χ2n) is 4.09. The molecule has 0 heterocycles. The zero-order valence-electron chi connectivity index (χ0n) is 10.6. The quantitative estimate of drug-likeness (QED) is 0.417. The van der Waals surface area contributed by atoms with Crippen molar-refractivity contribution >= 4 is 11.3 Å². The fraction of sp³-hybridized carbons (Fsp3) is 0.188. The summed E-state index contributed by atoms with van der Waals surface area (Å²) in [7, 11) is 0. The molecule has 0 fully saturated rings. The van der Waals surface area contributed by atoms with Gasteiger partial charge in [-0.05, 0) is 49.6 Å². The smallest absolute Gasteiger partial charge is 0.0277 e. The van der Waals surface area contributed by atoms with Crippen LogP contribution in [0.2, 0.25) is 0 Å². The number of hydrogen-bond acceptors (Lipinski definition) is 1. The summed E-state index contributed by atoms with van der Waals surface area (Å²) in [5, 5.41) is 0. The van der Waals surface area contributed by atoms with Crippen molar-refractivity contribution in [2.75, 3.05) is 0 Å². The molecule has 17 heavy (non-hydrogen) atoms. The number of rotatable bonds is 3. The first-order valence-electron chi connectivity index (χ1n) is 5.48. The Morgan fingerprint density at radius 2 is 2.12 bits per heavy atom. The molecule has 0 atom stereocenters. The minimum absolute atomic E-state index is 0.909. The summed E-state index contributed by atoms with van der Waals surface area (Å²) < 4.78 is 0. The third-order valence-electron chi connectivity index (χ3n) is 2.37. The first kappa shape index (κ1) is 13.0. The number of terminal acetylenes is 1. The lowest BCUT2D eigenvalue weighted by molar-refractivity contribution is 1.42. The summed E-state index contributed by atoms with van der Waals surface area (Å²) in [6.45, 7) is 9.91. The molecular weight excluding hydrogens is 206 g/mol. The minimum atomic E-state index is 0.909. The molecule has 0 aromatic heterocycles. The zero-order chi connectivity index (χ0) is 12.8. The van der Waals surface area contributed by atoms with Crippen LogP contribution in [0.5, 0.6) is 0 Å². The predicted molar refractivity (Wildman–Crippen MR) is 76.1 cm³/mol. The van der Waals surface area contributed by atoms with Crippen LogP contribution in [0.4, 0.5) is 0 Å². The Morgan fingerprint density at radius 3 is 2.71 bits per heavy atom. The number of benzene rings is 1. The summed E-state index contributed by atoms with van der Waals surface area (Å²) in [6, 6.07) is 6.01. The minimum Gasteiger partial charge on any atom is -0.266 e. The van der Waals surface area contributed by atoms with Crippen molar-refractivity contribution in [1.82, 2.24) is 0 Å². The lowest BCUT2D eigenvalue weighted by Crippen LogP contribution is -1.86. The van der Waals surface area contributed by atoms with Gasteiger partial charge in [0.15, 0.2) is 0 Å². The fourth-order valence-electron chi connectivity index (χ4n) is 1.35. The van der Waals surface area contributed by atoms with Gasteiger partial charge >= 0.3 is 0 Å². The molecule has 0 saturated heterocycles. The number of aliphatic imine (C=N–C) groups is 1. The molecule has 1 heteroatoms. The Bertz CT molecular complexity index is 521. The molecule has 1 rings (SSSR count). The van der Waals surface area contributed by atoms with Gasteiger partial charge in [-0.15, -0.1) is 6.42 Å². The van der Waals surface area contributed by atoms with Gasteiger partial charge in [-0.25, -0.2) is 0 Å². The Hall–Kier alpha value is -2.07. The van der Waals surface area contributed by atoms with Crippen molar-refractivity contribution in [3.05, 3.63) is 53.7 Å². The first-order chi connectivity index (χ1) is 8.04. The highest BCUT2D eigenvalue weighted by molar-refractivity contribution is 5.80. The van der Waals surface area contributed by atoms with E-state index in [1.54, 1.807) is 6.20 Å². The molecule has 86 valence electrons. The monoisotopic (exact) mass is 223 g/mol. The lowest BCUT2D eigenvalue weighted by atomic mass is 10.0. The van der Waals surface area contributed by atoms with Crippen LogP contribution in [0.3, 0.4) is 0 Å². The predicted octanol–water partition coefficient (Wildman–Crippen LogP) is 3.98. The molecule has 1 nitrogen and oxygen atoms in total. The summed E-state index contributed by atoms with van der Waals surface area (Å²) in [4.78, 5) is 4.19. The topological polar surface area (TPSA) is 12.4 Å². The maximum atomic E-state index is 5.44. The highest BCUT2D eigenvalue weighted by Gasteiger charge is 1.99. The summed E-state index contributed by atoms with van der Waals surface area (Å²) in [5.41, 5.74) is 4.97. The van der Waals surface area contributed by atoms with Gasteiger partial charge in [-0.1, -0.05) is 24.6 Å². The van der Waals surface area contributed by atoms with E-state index in [0.717, 1.165) is 28.0 Å². The van der Waals surface area contributed by atoms with Crippen molar-refractivity contribution in [2.45, 2.75) is 20.8 Å². The molecule has 0 bridgehead atoms. The van der Waals surface area contributed by atoms with Gasteiger partial charge in [0.05, 0.1) is 0 Å². The molecule has 0 aliphatic heterocycles. The molecule has 0 aliphatic rings. The van der Waals surface area contributed by atoms with Crippen molar-refractivity contribution in [3.8, 4) is 12.3 Å². The van der Waals surface area contributed by atoms with Crippen LogP contribution in [-0.4, -0.2) is 5.71 Å². The van der Waals surface area contributed by atoms with Gasteiger partial charge in [-0.2, -0.15) is 0 Å². The number of nitrogens with zero attached hydrogens (tertiary/aromatic N) is 1. The van der Waals surface area contributed by atoms with Gasteiger partial charge in [0.1, 0.15) is 0 Å². The average molecular weight is 223 g/mol. The van der Waals surface area contributed by atoms with E-state index in [4.69, 9.17) is 6.42 Å². The van der Waals surface area contributed by atoms with Gasteiger partial charge in [-0.3, -0.25) is 4.99 Å². The molecule has 0 spiro atoms. The van der Waals surface area contributed by atoms with E-state index in [1.165, 1.54) is 0 Å². The highest BCUT2D eigenvalue weighted by Crippen LogP contribution is 2.17. The maximum absolute atomic E-state index is 5.44. The molecule has 1 aromatic carbocycles. The fourth-order valence-corrected chi connectivity index (χ4v) is 1.35. The molecular formula is C16H17N. The van der Waals surface area contributed by atoms with E-state index in [1.807, 2.05) is 45.0 Å². The van der Waals surface area contributed by atoms with Crippen molar-refractivity contribution in [1.29, 1.82) is 0 Å². The standard InChI is InChI=1S/C16H17N/c1-6-15-11-16(8-7-13(15)4)14(5)9-10-17-12(2)3/h1,7-11H,5H2,2-4H3/b10-9-. The number of allylic oxidation sites excluding steroid dienone is 2. The Kier molecular flexibility index (Phi) is 4.48. The second-order valence-corrected chi connectivity index (χ2v) is 4.09. The lowest BCUT2D eigenvalue weighted by Gasteiger charge is -2.03. The molecule has 1 aromatic rings. The molecule has 0 aliphatic carbocycles. The van der Waals surface area contributed by atoms with Crippen LogP contribution in [0, 0.1) is 19.3 Å². The SMILES string of the molecule is C#Cc1cc(C(=C)/C=C\N=C(C)C)ccc1C. The third-order valence-corrected chi connectivity index (χ3v) is 2.37. The van der Waals surface area contributed by atoms with E-state index in [9.17, 15) is 0 Å². The zero-order valence-corrected chi connectivity index (χ0v) is 10.6. The molecule has 0 unspecified atom stereocenters. The van der Waals surface area contributed by atoms with Gasteiger partial charge in [0.25, 0.3) is 0 Å². The first-order valence-corrected chi connectivity index (χ1v) is 5.48. The Balaban J connectivity index is 2.95. The van der Waals surface area contributed by atoms with Crippen molar-refractivity contribution < 1.29 is 0 Å². The maximum Gasteiger partial charge on any atom is 0.0277 e. The van der Waals surface area contributed by atoms with E-state index < -0.39 is 0 Å². The molecule has 0 saturated carbocycles. The highest BCUT2D eigenvalue weighted by atomic mass is 14.7. The third kappa shape index (κ3) is 3.77. The van der Waals surface area contributed by atoms with Crippen LogP contribution in [0.25, 0.3) is 5.57 Å². The Morgan fingerprint density at radius 1 is 1.41 bits per heavy atom. The van der Waals surface area contributed by atoms with E-state index in [2.05, 4.69) is 17.5 Å². The van der Waals surface area contributed by atoms with Crippen LogP contribution >= 0.6 is 0 Å². The second kappa shape index (κ2) is 5.86. The van der Waals surface area contributed by atoms with Crippen molar-refractivity contribution in [3.63, 3.8) is 0 Å². The van der Waals surface area contributed by atoms with E-state index >= 15 is 0 Å². The van der Waals surface area contributed by atoms with Gasteiger partial charge in [0.2, 0.25) is 0 Å². The summed E-state index contributed by atoms with van der Waals surface area (Å²) in [5.74, 6) is 2.67. The molecule has 0 amide bonds. The average Bonchev–Trinajstić information content (AvgIpc) is 2.29. The van der Waals surface area contributed by atoms with Gasteiger partial charge < -0.3 is 0 Å². The molecule has 0 N–H and O–H groups in total. The van der Waals surface area contributed by atoms with Crippen LogP contribution < -0.4 is 0 Å². The van der Waals surface area contributed by atoms with Crippen molar-refractivity contribution in [2.24, 2.45) is 4.99 Å². The van der Waals surface area contributed by atoms with E-state index in [-0.39, 0.29) is 0 Å². The van der Waals surface area contributed by atoms with Gasteiger partial charge in [0, 0.05) is 17.5 Å². The van der Waals surface area contributed by atoms with Crippen LogP contribution in [0.15, 0.2) is 42.0 Å². The largest absolute Gasteiger partial charge is 0.266 e. The number of hydrogen-bond donors (Lipinski definition) is 0. The number of aryl methyl sites for hydroxylation is 1. The van der Waals surface area contributed by atoms with Crippen LogP contribution in [-0.2, 0) is 0 Å². The normalized spacial score (nSPS) is 10.0. The van der Waals surface area contributed by atoms with Crippen LogP contribution in [0.1, 0.15) is 30.5 Å².